The third-order valence-corrected chi connectivity index (χ3v) is 4.60. The van der Waals surface area contributed by atoms with Gasteiger partial charge in [0.05, 0.1) is 0 Å². The van der Waals surface area contributed by atoms with Gasteiger partial charge in [0, 0.05) is 35.7 Å². The van der Waals surface area contributed by atoms with Gasteiger partial charge >= 0.3 is 0 Å². The summed E-state index contributed by atoms with van der Waals surface area (Å²) in [6.45, 7) is 3.40. The van der Waals surface area contributed by atoms with E-state index in [2.05, 4.69) is 15.6 Å². The fourth-order valence-corrected chi connectivity index (χ4v) is 3.15. The number of pyridine rings is 1. The number of aromatic nitrogens is 1. The van der Waals surface area contributed by atoms with E-state index in [1.54, 1.807) is 18.0 Å². The van der Waals surface area contributed by atoms with E-state index < -0.39 is 6.04 Å². The summed E-state index contributed by atoms with van der Waals surface area (Å²) >= 11 is 1.71. The first kappa shape index (κ1) is 19.0. The van der Waals surface area contributed by atoms with Gasteiger partial charge in [0.25, 0.3) is 0 Å². The molecular formula is C19H23N3O2S. The number of thioether (sulfide) groups is 1. The van der Waals surface area contributed by atoms with Gasteiger partial charge in [-0.3, -0.25) is 14.6 Å². The highest BCUT2D eigenvalue weighted by atomic mass is 32.2. The van der Waals surface area contributed by atoms with Gasteiger partial charge in [0.15, 0.2) is 0 Å². The Morgan fingerprint density at radius 2 is 1.96 bits per heavy atom. The molecule has 2 N–H and O–H groups in total. The molecule has 6 heteroatoms. The lowest BCUT2D eigenvalue weighted by Crippen LogP contribution is -2.42. The highest BCUT2D eigenvalue weighted by Crippen LogP contribution is 2.24. The van der Waals surface area contributed by atoms with Crippen molar-refractivity contribution < 1.29 is 9.59 Å². The molecule has 0 saturated carbocycles. The minimum Gasteiger partial charge on any atom is -0.345 e. The molecule has 2 amide bonds. The molecule has 1 aromatic heterocycles. The molecule has 25 heavy (non-hydrogen) atoms. The Balaban J connectivity index is 1.90. The van der Waals surface area contributed by atoms with Crippen molar-refractivity contribution in [1.29, 1.82) is 0 Å². The summed E-state index contributed by atoms with van der Waals surface area (Å²) in [4.78, 5) is 28.7. The van der Waals surface area contributed by atoms with Crippen LogP contribution in [0.5, 0.6) is 0 Å². The average Bonchev–Trinajstić information content (AvgIpc) is 2.61. The molecule has 0 radical (unpaired) electrons. The number of carbonyl (C=O) groups excluding carboxylic acids is 2. The standard InChI is InChI=1S/C19H23N3O2S/c1-3-5-18(21-14(2)23)19(24)22-16-7-9-17(10-8-16)25-13-15-6-4-11-20-12-15/h4,6-12,18H,3,5,13H2,1-2H3,(H,21,23)(H,22,24). The number of rotatable bonds is 8. The summed E-state index contributed by atoms with van der Waals surface area (Å²) in [5, 5.41) is 5.55. The van der Waals surface area contributed by atoms with Crippen molar-refractivity contribution >= 4 is 29.3 Å². The third-order valence-electron chi connectivity index (χ3n) is 3.52. The Labute approximate surface area is 152 Å². The van der Waals surface area contributed by atoms with Crippen molar-refractivity contribution in [3.63, 3.8) is 0 Å². The number of hydrogen-bond donors (Lipinski definition) is 2. The molecule has 0 aliphatic carbocycles. The van der Waals surface area contributed by atoms with Crippen molar-refractivity contribution in [2.45, 2.75) is 43.4 Å². The number of hydrogen-bond acceptors (Lipinski definition) is 4. The van der Waals surface area contributed by atoms with E-state index in [9.17, 15) is 9.59 Å². The lowest BCUT2D eigenvalue weighted by molar-refractivity contribution is -0.125. The molecule has 1 unspecified atom stereocenters. The molecule has 0 bridgehead atoms. The zero-order valence-electron chi connectivity index (χ0n) is 14.5. The zero-order chi connectivity index (χ0) is 18.1. The second kappa shape index (κ2) is 9.84. The van der Waals surface area contributed by atoms with Crippen molar-refractivity contribution in [2.75, 3.05) is 5.32 Å². The maximum atomic E-state index is 12.3. The van der Waals surface area contributed by atoms with E-state index in [0.29, 0.717) is 6.42 Å². The van der Waals surface area contributed by atoms with Crippen LogP contribution in [0.4, 0.5) is 5.69 Å². The van der Waals surface area contributed by atoms with Crippen LogP contribution < -0.4 is 10.6 Å². The Morgan fingerprint density at radius 1 is 1.20 bits per heavy atom. The van der Waals surface area contributed by atoms with E-state index in [1.165, 1.54) is 12.5 Å². The van der Waals surface area contributed by atoms with Crippen LogP contribution in [0, 0.1) is 0 Å². The van der Waals surface area contributed by atoms with Gasteiger partial charge in [0.2, 0.25) is 11.8 Å². The molecule has 2 rings (SSSR count). The highest BCUT2D eigenvalue weighted by molar-refractivity contribution is 7.98. The van der Waals surface area contributed by atoms with E-state index in [-0.39, 0.29) is 11.8 Å². The number of anilines is 1. The first-order chi connectivity index (χ1) is 12.1. The lowest BCUT2D eigenvalue weighted by Gasteiger charge is -2.17. The SMILES string of the molecule is CCCC(NC(C)=O)C(=O)Nc1ccc(SCc2cccnc2)cc1. The normalized spacial score (nSPS) is 11.6. The summed E-state index contributed by atoms with van der Waals surface area (Å²) in [5.74, 6) is 0.462. The van der Waals surface area contributed by atoms with Crippen LogP contribution in [0.1, 0.15) is 32.3 Å². The molecule has 0 aliphatic rings. The van der Waals surface area contributed by atoms with Crippen LogP contribution >= 0.6 is 11.8 Å². The second-order valence-electron chi connectivity index (χ2n) is 5.71. The molecule has 2 aromatic rings. The second-order valence-corrected chi connectivity index (χ2v) is 6.75. The maximum Gasteiger partial charge on any atom is 0.246 e. The van der Waals surface area contributed by atoms with E-state index in [0.717, 1.165) is 22.8 Å². The summed E-state index contributed by atoms with van der Waals surface area (Å²) in [7, 11) is 0. The molecule has 0 saturated heterocycles. The molecule has 0 aliphatic heterocycles. The van der Waals surface area contributed by atoms with Gasteiger partial charge in [-0.15, -0.1) is 11.8 Å². The molecule has 0 fully saturated rings. The van der Waals surface area contributed by atoms with Crippen LogP contribution in [0.15, 0.2) is 53.7 Å². The first-order valence-electron chi connectivity index (χ1n) is 8.28. The Morgan fingerprint density at radius 3 is 2.56 bits per heavy atom. The predicted octanol–water partition coefficient (Wildman–Crippen LogP) is 3.62. The van der Waals surface area contributed by atoms with Gasteiger partial charge in [-0.1, -0.05) is 19.4 Å². The number of nitrogens with zero attached hydrogens (tertiary/aromatic N) is 1. The minimum atomic E-state index is -0.498. The molecule has 1 aromatic carbocycles. The van der Waals surface area contributed by atoms with Crippen molar-refractivity contribution in [1.82, 2.24) is 10.3 Å². The number of nitrogens with one attached hydrogen (secondary N) is 2. The summed E-state index contributed by atoms with van der Waals surface area (Å²) in [6, 6.07) is 11.2. The fraction of sp³-hybridized carbons (Fsp3) is 0.316. The number of amides is 2. The molecule has 1 atom stereocenters. The van der Waals surface area contributed by atoms with Crippen molar-refractivity contribution in [3.8, 4) is 0 Å². The topological polar surface area (TPSA) is 71.1 Å². The molecule has 132 valence electrons. The van der Waals surface area contributed by atoms with Gasteiger partial charge < -0.3 is 10.6 Å². The molecule has 1 heterocycles. The van der Waals surface area contributed by atoms with Crippen LogP contribution in [-0.4, -0.2) is 22.8 Å². The fourth-order valence-electron chi connectivity index (χ4n) is 2.32. The van der Waals surface area contributed by atoms with E-state index in [4.69, 9.17) is 0 Å². The highest BCUT2D eigenvalue weighted by Gasteiger charge is 2.18. The van der Waals surface area contributed by atoms with Crippen molar-refractivity contribution in [3.05, 3.63) is 54.4 Å². The Hall–Kier alpha value is -2.34. The number of carbonyl (C=O) groups is 2. The van der Waals surface area contributed by atoms with Gasteiger partial charge in [-0.05, 0) is 42.3 Å². The van der Waals surface area contributed by atoms with Crippen molar-refractivity contribution in [2.24, 2.45) is 0 Å². The Kier molecular flexibility index (Phi) is 7.47. The zero-order valence-corrected chi connectivity index (χ0v) is 15.3. The monoisotopic (exact) mass is 357 g/mol. The molecular weight excluding hydrogens is 334 g/mol. The predicted molar refractivity (Wildman–Crippen MR) is 101 cm³/mol. The van der Waals surface area contributed by atoms with Crippen LogP contribution in [0.2, 0.25) is 0 Å². The Bertz CT molecular complexity index is 690. The largest absolute Gasteiger partial charge is 0.345 e. The van der Waals surface area contributed by atoms with Crippen LogP contribution in [-0.2, 0) is 15.3 Å². The molecule has 0 spiro atoms. The summed E-state index contributed by atoms with van der Waals surface area (Å²) in [5.41, 5.74) is 1.89. The van der Waals surface area contributed by atoms with E-state index >= 15 is 0 Å². The van der Waals surface area contributed by atoms with Gasteiger partial charge in [-0.2, -0.15) is 0 Å². The minimum absolute atomic E-state index is 0.187. The number of benzene rings is 1. The van der Waals surface area contributed by atoms with Crippen LogP contribution in [0.3, 0.4) is 0 Å². The first-order valence-corrected chi connectivity index (χ1v) is 9.26. The third kappa shape index (κ3) is 6.58. The average molecular weight is 357 g/mol. The summed E-state index contributed by atoms with van der Waals surface area (Å²) in [6.07, 6.45) is 5.06. The maximum absolute atomic E-state index is 12.3. The quantitative estimate of drug-likeness (QED) is 0.708. The van der Waals surface area contributed by atoms with Gasteiger partial charge in [-0.25, -0.2) is 0 Å². The lowest BCUT2D eigenvalue weighted by atomic mass is 10.1. The van der Waals surface area contributed by atoms with Gasteiger partial charge in [0.1, 0.15) is 6.04 Å². The smallest absolute Gasteiger partial charge is 0.246 e. The van der Waals surface area contributed by atoms with Crippen LogP contribution in [0.25, 0.3) is 0 Å². The van der Waals surface area contributed by atoms with E-state index in [1.807, 2.05) is 49.5 Å². The summed E-state index contributed by atoms with van der Waals surface area (Å²) < 4.78 is 0. The molecule has 5 nitrogen and oxygen atoms in total.